The number of rotatable bonds is 5. The maximum absolute atomic E-state index is 3.89. The topological polar surface area (TPSA) is 15.3 Å². The number of piperidine rings is 1. The zero-order valence-electron chi connectivity index (χ0n) is 14.3. The minimum Gasteiger partial charge on any atom is -0.313 e. The van der Waals surface area contributed by atoms with Gasteiger partial charge in [0.2, 0.25) is 0 Å². The standard InChI is InChI=1S/C18H36N2/c1-5-11-19-17-16(9-6-10-18(17,3)4)14-20-12-7-8-15(2)13-20/h15-17,19H,5-14H2,1-4H3. The molecule has 1 saturated heterocycles. The summed E-state index contributed by atoms with van der Waals surface area (Å²) in [5.41, 5.74) is 0.472. The smallest absolute Gasteiger partial charge is 0.0159 e. The molecule has 20 heavy (non-hydrogen) atoms. The van der Waals surface area contributed by atoms with Gasteiger partial charge in [0.15, 0.2) is 0 Å². The fraction of sp³-hybridized carbons (Fsp3) is 1.00. The van der Waals surface area contributed by atoms with Crippen LogP contribution < -0.4 is 5.32 Å². The van der Waals surface area contributed by atoms with Crippen LogP contribution in [0.15, 0.2) is 0 Å². The fourth-order valence-electron chi connectivity index (χ4n) is 4.50. The van der Waals surface area contributed by atoms with E-state index in [0.29, 0.717) is 11.5 Å². The average Bonchev–Trinajstić information content (AvgIpc) is 2.37. The summed E-state index contributed by atoms with van der Waals surface area (Å²) in [5.74, 6) is 1.76. The van der Waals surface area contributed by atoms with Crippen molar-refractivity contribution in [2.45, 2.75) is 72.3 Å². The molecule has 0 aromatic heterocycles. The number of nitrogens with zero attached hydrogens (tertiary/aromatic N) is 1. The van der Waals surface area contributed by atoms with Crippen molar-refractivity contribution in [1.29, 1.82) is 0 Å². The molecule has 3 unspecified atom stereocenters. The third kappa shape index (κ3) is 4.21. The van der Waals surface area contributed by atoms with E-state index in [0.717, 1.165) is 11.8 Å². The predicted octanol–water partition coefficient (Wildman–Crippen LogP) is 3.91. The van der Waals surface area contributed by atoms with Crippen LogP contribution in [0, 0.1) is 17.3 Å². The lowest BCUT2D eigenvalue weighted by atomic mass is 9.67. The molecular weight excluding hydrogens is 244 g/mol. The Morgan fingerprint density at radius 3 is 2.70 bits per heavy atom. The van der Waals surface area contributed by atoms with Crippen molar-refractivity contribution in [1.82, 2.24) is 10.2 Å². The van der Waals surface area contributed by atoms with Crippen molar-refractivity contribution in [3.63, 3.8) is 0 Å². The number of nitrogens with one attached hydrogen (secondary N) is 1. The second-order valence-corrected chi connectivity index (χ2v) is 8.08. The summed E-state index contributed by atoms with van der Waals surface area (Å²) in [7, 11) is 0. The van der Waals surface area contributed by atoms with Crippen LogP contribution in [0.25, 0.3) is 0 Å². The molecule has 0 radical (unpaired) electrons. The molecule has 1 N–H and O–H groups in total. The molecule has 118 valence electrons. The van der Waals surface area contributed by atoms with Gasteiger partial charge in [-0.2, -0.15) is 0 Å². The number of hydrogen-bond acceptors (Lipinski definition) is 2. The highest BCUT2D eigenvalue weighted by Crippen LogP contribution is 2.39. The van der Waals surface area contributed by atoms with Crippen LogP contribution in [0.5, 0.6) is 0 Å². The van der Waals surface area contributed by atoms with E-state index in [-0.39, 0.29) is 0 Å². The van der Waals surface area contributed by atoms with Gasteiger partial charge in [-0.25, -0.2) is 0 Å². The van der Waals surface area contributed by atoms with Crippen LogP contribution in [-0.2, 0) is 0 Å². The van der Waals surface area contributed by atoms with Crippen LogP contribution in [0.2, 0.25) is 0 Å². The highest BCUT2D eigenvalue weighted by molar-refractivity contribution is 4.94. The molecule has 1 aliphatic heterocycles. The van der Waals surface area contributed by atoms with Gasteiger partial charge in [0, 0.05) is 19.1 Å². The van der Waals surface area contributed by atoms with Gasteiger partial charge in [-0.15, -0.1) is 0 Å². The van der Waals surface area contributed by atoms with Crippen molar-refractivity contribution in [3.05, 3.63) is 0 Å². The number of hydrogen-bond donors (Lipinski definition) is 1. The summed E-state index contributed by atoms with van der Waals surface area (Å²) in [6, 6.07) is 0.716. The first kappa shape index (κ1) is 16.3. The predicted molar refractivity (Wildman–Crippen MR) is 88.0 cm³/mol. The fourth-order valence-corrected chi connectivity index (χ4v) is 4.50. The first-order valence-electron chi connectivity index (χ1n) is 8.98. The van der Waals surface area contributed by atoms with E-state index in [1.165, 1.54) is 64.7 Å². The SMILES string of the molecule is CCCNC1C(CN2CCCC(C)C2)CCCC1(C)C. The van der Waals surface area contributed by atoms with Crippen LogP contribution in [0.3, 0.4) is 0 Å². The Morgan fingerprint density at radius 2 is 2.00 bits per heavy atom. The monoisotopic (exact) mass is 280 g/mol. The largest absolute Gasteiger partial charge is 0.313 e. The highest BCUT2D eigenvalue weighted by Gasteiger charge is 2.39. The third-order valence-electron chi connectivity index (χ3n) is 5.56. The minimum absolute atomic E-state index is 0.472. The summed E-state index contributed by atoms with van der Waals surface area (Å²) in [4.78, 5) is 2.75. The molecule has 0 aromatic rings. The average molecular weight is 280 g/mol. The lowest BCUT2D eigenvalue weighted by Gasteiger charge is -2.47. The molecular formula is C18H36N2. The van der Waals surface area contributed by atoms with Crippen LogP contribution >= 0.6 is 0 Å². The van der Waals surface area contributed by atoms with Crippen molar-refractivity contribution in [2.75, 3.05) is 26.2 Å². The Kier molecular flexibility index (Phi) is 5.92. The Morgan fingerprint density at radius 1 is 1.20 bits per heavy atom. The molecule has 0 spiro atoms. The first-order valence-corrected chi connectivity index (χ1v) is 8.98. The molecule has 3 atom stereocenters. The molecule has 0 bridgehead atoms. The second kappa shape index (κ2) is 7.26. The molecule has 1 heterocycles. The third-order valence-corrected chi connectivity index (χ3v) is 5.56. The zero-order chi connectivity index (χ0) is 14.6. The Hall–Kier alpha value is -0.0800. The minimum atomic E-state index is 0.472. The molecule has 2 rings (SSSR count). The van der Waals surface area contributed by atoms with Gasteiger partial charge in [0.25, 0.3) is 0 Å². The van der Waals surface area contributed by atoms with Gasteiger partial charge in [-0.05, 0) is 62.4 Å². The van der Waals surface area contributed by atoms with Crippen molar-refractivity contribution < 1.29 is 0 Å². The van der Waals surface area contributed by atoms with Crippen LogP contribution in [-0.4, -0.2) is 37.1 Å². The van der Waals surface area contributed by atoms with Gasteiger partial charge >= 0.3 is 0 Å². The molecule has 2 aliphatic rings. The maximum atomic E-state index is 3.89. The van der Waals surface area contributed by atoms with Crippen LogP contribution in [0.1, 0.15) is 66.2 Å². The van der Waals surface area contributed by atoms with Crippen molar-refractivity contribution in [2.24, 2.45) is 17.3 Å². The quantitative estimate of drug-likeness (QED) is 0.821. The molecule has 0 amide bonds. The van der Waals surface area contributed by atoms with Crippen LogP contribution in [0.4, 0.5) is 0 Å². The molecule has 2 fully saturated rings. The van der Waals surface area contributed by atoms with E-state index >= 15 is 0 Å². The molecule has 1 saturated carbocycles. The molecule has 2 nitrogen and oxygen atoms in total. The summed E-state index contributed by atoms with van der Waals surface area (Å²) >= 11 is 0. The lowest BCUT2D eigenvalue weighted by Crippen LogP contribution is -2.53. The second-order valence-electron chi connectivity index (χ2n) is 8.08. The van der Waals surface area contributed by atoms with Crippen molar-refractivity contribution in [3.8, 4) is 0 Å². The van der Waals surface area contributed by atoms with E-state index in [2.05, 4.69) is 37.9 Å². The first-order chi connectivity index (χ1) is 9.53. The van der Waals surface area contributed by atoms with Gasteiger partial charge < -0.3 is 10.2 Å². The maximum Gasteiger partial charge on any atom is 0.0159 e. The van der Waals surface area contributed by atoms with Crippen molar-refractivity contribution >= 4 is 0 Å². The molecule has 1 aliphatic carbocycles. The van der Waals surface area contributed by atoms with Gasteiger partial charge in [0.1, 0.15) is 0 Å². The molecule has 0 aromatic carbocycles. The van der Waals surface area contributed by atoms with Gasteiger partial charge in [-0.1, -0.05) is 34.1 Å². The van der Waals surface area contributed by atoms with E-state index in [1.807, 2.05) is 0 Å². The Labute approximate surface area is 126 Å². The zero-order valence-corrected chi connectivity index (χ0v) is 14.3. The number of likely N-dealkylation sites (tertiary alicyclic amines) is 1. The summed E-state index contributed by atoms with van der Waals surface area (Å²) in [6.07, 6.45) is 8.33. The van der Waals surface area contributed by atoms with E-state index < -0.39 is 0 Å². The summed E-state index contributed by atoms with van der Waals surface area (Å²) < 4.78 is 0. The van der Waals surface area contributed by atoms with Gasteiger partial charge in [-0.3, -0.25) is 0 Å². The molecule has 2 heteroatoms. The Balaban J connectivity index is 1.95. The van der Waals surface area contributed by atoms with E-state index in [9.17, 15) is 0 Å². The Bertz CT molecular complexity index is 287. The highest BCUT2D eigenvalue weighted by atomic mass is 15.1. The normalized spacial score (nSPS) is 35.1. The lowest BCUT2D eigenvalue weighted by molar-refractivity contribution is 0.0655. The summed E-state index contributed by atoms with van der Waals surface area (Å²) in [5, 5.41) is 3.89. The van der Waals surface area contributed by atoms with E-state index in [1.54, 1.807) is 0 Å². The summed E-state index contributed by atoms with van der Waals surface area (Å²) in [6.45, 7) is 14.8. The van der Waals surface area contributed by atoms with E-state index in [4.69, 9.17) is 0 Å². The van der Waals surface area contributed by atoms with Gasteiger partial charge in [0.05, 0.1) is 0 Å².